The van der Waals surface area contributed by atoms with E-state index in [1.165, 1.54) is 0 Å². The number of rotatable bonds is 2. The van der Waals surface area contributed by atoms with Crippen molar-refractivity contribution in [1.82, 2.24) is 9.78 Å². The van der Waals surface area contributed by atoms with E-state index in [4.69, 9.17) is 0 Å². The Morgan fingerprint density at radius 2 is 2.06 bits per heavy atom. The van der Waals surface area contributed by atoms with Crippen LogP contribution in [0.15, 0.2) is 35.1 Å². The highest BCUT2D eigenvalue weighted by molar-refractivity contribution is 7.79. The number of hydrogen-bond donors (Lipinski definition) is 1. The summed E-state index contributed by atoms with van der Waals surface area (Å²) >= 11 is 4.12. The standard InChI is InChI=1S/C13H14N2OS/c1-9-4-3-5-11(6-9)15-10(2)7-13(16)12(8-17)14-15/h3-7,17H,8H2,1-2H3. The van der Waals surface area contributed by atoms with Gasteiger partial charge in [-0.2, -0.15) is 17.7 Å². The molecule has 0 radical (unpaired) electrons. The van der Waals surface area contributed by atoms with Gasteiger partial charge < -0.3 is 0 Å². The first-order valence-electron chi connectivity index (χ1n) is 5.39. The van der Waals surface area contributed by atoms with Crippen molar-refractivity contribution < 1.29 is 0 Å². The highest BCUT2D eigenvalue weighted by atomic mass is 32.1. The second-order valence-electron chi connectivity index (χ2n) is 4.01. The van der Waals surface area contributed by atoms with Gasteiger partial charge in [-0.15, -0.1) is 0 Å². The summed E-state index contributed by atoms with van der Waals surface area (Å²) in [5.74, 6) is 0.352. The lowest BCUT2D eigenvalue weighted by molar-refractivity contribution is 0.773. The van der Waals surface area contributed by atoms with Crippen molar-refractivity contribution >= 4 is 12.6 Å². The Labute approximate surface area is 106 Å². The second kappa shape index (κ2) is 4.75. The van der Waals surface area contributed by atoms with E-state index in [-0.39, 0.29) is 5.43 Å². The van der Waals surface area contributed by atoms with Crippen LogP contribution in [0.4, 0.5) is 0 Å². The van der Waals surface area contributed by atoms with Crippen LogP contribution in [0.5, 0.6) is 0 Å². The maximum atomic E-state index is 11.6. The lowest BCUT2D eigenvalue weighted by Crippen LogP contribution is -2.17. The van der Waals surface area contributed by atoms with Gasteiger partial charge >= 0.3 is 0 Å². The van der Waals surface area contributed by atoms with Gasteiger partial charge in [0.15, 0.2) is 0 Å². The molecular weight excluding hydrogens is 232 g/mol. The summed E-state index contributed by atoms with van der Waals surface area (Å²) in [4.78, 5) is 11.6. The smallest absolute Gasteiger partial charge is 0.204 e. The van der Waals surface area contributed by atoms with Crippen LogP contribution < -0.4 is 5.43 Å². The number of nitrogens with zero attached hydrogens (tertiary/aromatic N) is 2. The molecule has 2 rings (SSSR count). The van der Waals surface area contributed by atoms with E-state index in [9.17, 15) is 4.79 Å². The number of benzene rings is 1. The van der Waals surface area contributed by atoms with E-state index in [2.05, 4.69) is 17.7 Å². The first kappa shape index (κ1) is 11.9. The Balaban J connectivity index is 2.63. The van der Waals surface area contributed by atoms with Crippen LogP contribution in [0.2, 0.25) is 0 Å². The maximum Gasteiger partial charge on any atom is 0.204 e. The highest BCUT2D eigenvalue weighted by Gasteiger charge is 2.06. The summed E-state index contributed by atoms with van der Waals surface area (Å²) < 4.78 is 1.78. The molecule has 0 saturated carbocycles. The minimum Gasteiger partial charge on any atom is -0.288 e. The Morgan fingerprint density at radius 3 is 2.71 bits per heavy atom. The van der Waals surface area contributed by atoms with Gasteiger partial charge in [0.2, 0.25) is 5.43 Å². The van der Waals surface area contributed by atoms with Gasteiger partial charge in [-0.25, -0.2) is 4.68 Å². The largest absolute Gasteiger partial charge is 0.288 e. The zero-order chi connectivity index (χ0) is 12.4. The number of aromatic nitrogens is 2. The van der Waals surface area contributed by atoms with Crippen molar-refractivity contribution in [2.75, 3.05) is 0 Å². The summed E-state index contributed by atoms with van der Waals surface area (Å²) in [5, 5.41) is 4.33. The van der Waals surface area contributed by atoms with E-state index >= 15 is 0 Å². The summed E-state index contributed by atoms with van der Waals surface area (Å²) in [6.07, 6.45) is 0. The Kier molecular flexibility index (Phi) is 3.33. The fraction of sp³-hybridized carbons (Fsp3) is 0.231. The zero-order valence-corrected chi connectivity index (χ0v) is 10.7. The van der Waals surface area contributed by atoms with Crippen LogP contribution in [0.3, 0.4) is 0 Å². The molecular formula is C13H14N2OS. The second-order valence-corrected chi connectivity index (χ2v) is 4.32. The molecule has 0 spiro atoms. The SMILES string of the molecule is Cc1cccc(-n2nc(CS)c(=O)cc2C)c1. The van der Waals surface area contributed by atoms with Gasteiger partial charge in [0.05, 0.1) is 5.69 Å². The molecule has 0 aliphatic carbocycles. The molecule has 0 aliphatic rings. The monoisotopic (exact) mass is 246 g/mol. The molecule has 0 atom stereocenters. The summed E-state index contributed by atoms with van der Waals surface area (Å²) in [7, 11) is 0. The predicted molar refractivity (Wildman–Crippen MR) is 72.0 cm³/mol. The Hall–Kier alpha value is -1.55. The normalized spacial score (nSPS) is 10.5. The molecule has 88 valence electrons. The Morgan fingerprint density at radius 1 is 1.29 bits per heavy atom. The highest BCUT2D eigenvalue weighted by Crippen LogP contribution is 2.11. The number of hydrogen-bond acceptors (Lipinski definition) is 3. The van der Waals surface area contributed by atoms with Crippen molar-refractivity contribution in [2.24, 2.45) is 0 Å². The van der Waals surface area contributed by atoms with Crippen molar-refractivity contribution in [3.8, 4) is 5.69 Å². The predicted octanol–water partition coefficient (Wildman–Crippen LogP) is 2.28. The van der Waals surface area contributed by atoms with Gasteiger partial charge in [-0.1, -0.05) is 12.1 Å². The fourth-order valence-electron chi connectivity index (χ4n) is 1.71. The van der Waals surface area contributed by atoms with E-state index in [1.54, 1.807) is 10.7 Å². The quantitative estimate of drug-likeness (QED) is 0.825. The summed E-state index contributed by atoms with van der Waals surface area (Å²) in [6.45, 7) is 3.90. The van der Waals surface area contributed by atoms with Crippen LogP contribution in [0, 0.1) is 13.8 Å². The average molecular weight is 246 g/mol. The molecule has 0 bridgehead atoms. The van der Waals surface area contributed by atoms with Crippen LogP contribution in [-0.4, -0.2) is 9.78 Å². The molecule has 1 heterocycles. The van der Waals surface area contributed by atoms with Crippen molar-refractivity contribution in [3.05, 3.63) is 57.5 Å². The molecule has 1 aromatic heterocycles. The lowest BCUT2D eigenvalue weighted by atomic mass is 10.2. The van der Waals surface area contributed by atoms with Crippen LogP contribution >= 0.6 is 12.6 Å². The molecule has 0 unspecified atom stereocenters. The third-order valence-corrected chi connectivity index (χ3v) is 2.87. The third kappa shape index (κ3) is 2.42. The van der Waals surface area contributed by atoms with Crippen molar-refractivity contribution in [3.63, 3.8) is 0 Å². The van der Waals surface area contributed by atoms with Gasteiger partial charge in [0.1, 0.15) is 5.69 Å². The maximum absolute atomic E-state index is 11.6. The molecule has 17 heavy (non-hydrogen) atoms. The fourth-order valence-corrected chi connectivity index (χ4v) is 1.93. The van der Waals surface area contributed by atoms with Crippen molar-refractivity contribution in [2.45, 2.75) is 19.6 Å². The van der Waals surface area contributed by atoms with E-state index in [0.717, 1.165) is 16.9 Å². The van der Waals surface area contributed by atoms with Crippen molar-refractivity contribution in [1.29, 1.82) is 0 Å². The zero-order valence-electron chi connectivity index (χ0n) is 9.84. The lowest BCUT2D eigenvalue weighted by Gasteiger charge is -2.10. The molecule has 0 fully saturated rings. The van der Waals surface area contributed by atoms with Gasteiger partial charge in [0.25, 0.3) is 0 Å². The Bertz CT molecular complexity index is 605. The van der Waals surface area contributed by atoms with Crippen LogP contribution in [-0.2, 0) is 5.75 Å². The van der Waals surface area contributed by atoms with E-state index in [1.807, 2.05) is 38.1 Å². The average Bonchev–Trinajstić information content (AvgIpc) is 2.29. The third-order valence-electron chi connectivity index (χ3n) is 2.58. The molecule has 1 aromatic carbocycles. The summed E-state index contributed by atoms with van der Waals surface area (Å²) in [6, 6.07) is 9.61. The topological polar surface area (TPSA) is 34.9 Å². The van der Waals surface area contributed by atoms with Gasteiger partial charge in [-0.05, 0) is 31.5 Å². The first-order valence-corrected chi connectivity index (χ1v) is 6.03. The molecule has 0 amide bonds. The minimum atomic E-state index is -0.0543. The number of thiol groups is 1. The van der Waals surface area contributed by atoms with E-state index < -0.39 is 0 Å². The van der Waals surface area contributed by atoms with Crippen LogP contribution in [0.1, 0.15) is 17.0 Å². The molecule has 4 heteroatoms. The molecule has 2 aromatic rings. The minimum absolute atomic E-state index is 0.0543. The van der Waals surface area contributed by atoms with Crippen LogP contribution in [0.25, 0.3) is 5.69 Å². The number of aryl methyl sites for hydroxylation is 2. The van der Waals surface area contributed by atoms with Gasteiger partial charge in [0, 0.05) is 17.5 Å². The molecule has 0 saturated heterocycles. The van der Waals surface area contributed by atoms with E-state index in [0.29, 0.717) is 11.4 Å². The molecule has 0 aliphatic heterocycles. The first-order chi connectivity index (χ1) is 8.11. The summed E-state index contributed by atoms with van der Waals surface area (Å²) in [5.41, 5.74) is 3.37. The van der Waals surface area contributed by atoms with Gasteiger partial charge in [-0.3, -0.25) is 4.79 Å². The molecule has 3 nitrogen and oxygen atoms in total. The molecule has 0 N–H and O–H groups in total.